The highest BCUT2D eigenvalue weighted by atomic mass is 16.7. The predicted octanol–water partition coefficient (Wildman–Crippen LogP) is 4.60. The molecule has 43 heavy (non-hydrogen) atoms. The molecular formula is C34H30O9. The van der Waals surface area contributed by atoms with E-state index in [0.717, 1.165) is 5.56 Å². The number of benzene rings is 4. The first-order chi connectivity index (χ1) is 21.0. The molecule has 0 spiro atoms. The molecule has 0 aromatic heterocycles. The van der Waals surface area contributed by atoms with Crippen LogP contribution >= 0.6 is 0 Å². The lowest BCUT2D eigenvalue weighted by molar-refractivity contribution is -0.295. The van der Waals surface area contributed by atoms with Crippen molar-refractivity contribution in [2.24, 2.45) is 0 Å². The molecule has 4 aromatic carbocycles. The molecule has 5 atom stereocenters. The van der Waals surface area contributed by atoms with Gasteiger partial charge in [0.1, 0.15) is 6.10 Å². The first kappa shape index (κ1) is 29.7. The van der Waals surface area contributed by atoms with Crippen LogP contribution in [0.1, 0.15) is 36.6 Å². The van der Waals surface area contributed by atoms with Gasteiger partial charge in [-0.15, -0.1) is 0 Å². The Balaban J connectivity index is 1.50. The summed E-state index contributed by atoms with van der Waals surface area (Å²) in [7, 11) is 0. The average Bonchev–Trinajstić information content (AvgIpc) is 3.06. The van der Waals surface area contributed by atoms with E-state index in [1.807, 2.05) is 30.3 Å². The first-order valence-electron chi connectivity index (χ1n) is 13.7. The lowest BCUT2D eigenvalue weighted by Crippen LogP contribution is -2.62. The zero-order valence-electron chi connectivity index (χ0n) is 23.1. The number of ether oxygens (including phenoxy) is 5. The molecule has 0 radical (unpaired) electrons. The molecule has 220 valence electrons. The van der Waals surface area contributed by atoms with Crippen molar-refractivity contribution >= 4 is 17.9 Å². The number of carbonyl (C=O) groups excluding carboxylic acids is 3. The van der Waals surface area contributed by atoms with Crippen molar-refractivity contribution in [1.82, 2.24) is 0 Å². The molecule has 1 heterocycles. The number of hydrogen-bond acceptors (Lipinski definition) is 9. The van der Waals surface area contributed by atoms with E-state index in [-0.39, 0.29) is 23.3 Å². The van der Waals surface area contributed by atoms with Gasteiger partial charge in [-0.05, 0) is 42.0 Å². The average molecular weight is 583 g/mol. The third-order valence-corrected chi connectivity index (χ3v) is 6.79. The zero-order chi connectivity index (χ0) is 30.0. The standard InChI is InChI=1S/C34H30O9/c35-21-27-28(41-31(36)24-15-7-2-8-16-24)29(42-32(37)25-17-9-3-10-18-25)30(39-22-23-13-5-1-6-14-23)34(40-27)43-33(38)26-19-11-4-12-20-26/h1-20,27-30,34-35H,21-22H2/t27-,28-,29+,30-,34-/m0/s1. The smallest absolute Gasteiger partial charge is 0.340 e. The minimum Gasteiger partial charge on any atom is -0.452 e. The Hall–Kier alpha value is -4.83. The molecule has 1 fully saturated rings. The third-order valence-electron chi connectivity index (χ3n) is 6.79. The van der Waals surface area contributed by atoms with Gasteiger partial charge < -0.3 is 28.8 Å². The van der Waals surface area contributed by atoms with Crippen LogP contribution in [-0.2, 0) is 30.3 Å². The fraction of sp³-hybridized carbons (Fsp3) is 0.206. The molecule has 1 N–H and O–H groups in total. The van der Waals surface area contributed by atoms with Crippen molar-refractivity contribution < 1.29 is 43.2 Å². The van der Waals surface area contributed by atoms with Crippen LogP contribution < -0.4 is 0 Å². The summed E-state index contributed by atoms with van der Waals surface area (Å²) in [5, 5.41) is 10.3. The van der Waals surface area contributed by atoms with Gasteiger partial charge in [0.2, 0.25) is 6.29 Å². The fourth-order valence-corrected chi connectivity index (χ4v) is 4.62. The van der Waals surface area contributed by atoms with Crippen LogP contribution in [0.5, 0.6) is 0 Å². The summed E-state index contributed by atoms with van der Waals surface area (Å²) >= 11 is 0. The van der Waals surface area contributed by atoms with E-state index in [0.29, 0.717) is 0 Å². The second-order valence-corrected chi connectivity index (χ2v) is 9.73. The lowest BCUT2D eigenvalue weighted by atomic mass is 9.97. The topological polar surface area (TPSA) is 118 Å². The molecule has 5 rings (SSSR count). The Labute approximate surface area is 248 Å². The van der Waals surface area contributed by atoms with Gasteiger partial charge in [-0.25, -0.2) is 14.4 Å². The molecule has 0 amide bonds. The van der Waals surface area contributed by atoms with Crippen LogP contribution in [0.3, 0.4) is 0 Å². The molecule has 0 saturated carbocycles. The van der Waals surface area contributed by atoms with Crippen LogP contribution in [0.2, 0.25) is 0 Å². The summed E-state index contributed by atoms with van der Waals surface area (Å²) in [5.41, 5.74) is 1.52. The predicted molar refractivity (Wildman–Crippen MR) is 154 cm³/mol. The van der Waals surface area contributed by atoms with Gasteiger partial charge in [-0.1, -0.05) is 84.9 Å². The maximum absolute atomic E-state index is 13.4. The SMILES string of the molecule is O=C(O[C@@H]1O[C@@H](CO)[C@H](OC(=O)c2ccccc2)[C@@H](OC(=O)c2ccccc2)[C@@H]1OCc1ccccc1)c1ccccc1. The Kier molecular flexibility index (Phi) is 9.91. The monoisotopic (exact) mass is 582 g/mol. The summed E-state index contributed by atoms with van der Waals surface area (Å²) in [4.78, 5) is 39.6. The third kappa shape index (κ3) is 7.52. The van der Waals surface area contributed by atoms with Crippen molar-refractivity contribution in [3.8, 4) is 0 Å². The highest BCUT2D eigenvalue weighted by Gasteiger charge is 2.52. The second kappa shape index (κ2) is 14.4. The van der Waals surface area contributed by atoms with Crippen molar-refractivity contribution in [1.29, 1.82) is 0 Å². The van der Waals surface area contributed by atoms with E-state index in [2.05, 4.69) is 0 Å². The first-order valence-corrected chi connectivity index (χ1v) is 13.7. The molecule has 1 aliphatic rings. The van der Waals surface area contributed by atoms with Gasteiger partial charge in [-0.3, -0.25) is 0 Å². The van der Waals surface area contributed by atoms with Gasteiger partial charge in [0.15, 0.2) is 18.3 Å². The fourth-order valence-electron chi connectivity index (χ4n) is 4.62. The van der Waals surface area contributed by atoms with E-state index < -0.39 is 55.2 Å². The Morgan fingerprint density at radius 1 is 0.558 bits per heavy atom. The Morgan fingerprint density at radius 3 is 1.44 bits per heavy atom. The van der Waals surface area contributed by atoms with Crippen molar-refractivity contribution in [3.63, 3.8) is 0 Å². The van der Waals surface area contributed by atoms with Crippen molar-refractivity contribution in [2.45, 2.75) is 37.3 Å². The van der Waals surface area contributed by atoms with Crippen LogP contribution in [0.15, 0.2) is 121 Å². The highest BCUT2D eigenvalue weighted by molar-refractivity contribution is 5.91. The molecule has 4 aromatic rings. The molecular weight excluding hydrogens is 552 g/mol. The van der Waals surface area contributed by atoms with Gasteiger partial charge in [-0.2, -0.15) is 0 Å². The van der Waals surface area contributed by atoms with Crippen LogP contribution in [0.25, 0.3) is 0 Å². The van der Waals surface area contributed by atoms with Crippen LogP contribution in [-0.4, -0.2) is 60.3 Å². The molecule has 1 aliphatic heterocycles. The molecule has 0 unspecified atom stereocenters. The van der Waals surface area contributed by atoms with Gasteiger partial charge >= 0.3 is 17.9 Å². The number of esters is 3. The summed E-state index contributed by atoms with van der Waals surface area (Å²) < 4.78 is 29.8. The van der Waals surface area contributed by atoms with E-state index in [4.69, 9.17) is 23.7 Å². The number of rotatable bonds is 10. The zero-order valence-corrected chi connectivity index (χ0v) is 23.1. The molecule has 0 aliphatic carbocycles. The van der Waals surface area contributed by atoms with Crippen LogP contribution in [0, 0.1) is 0 Å². The summed E-state index contributed by atoms with van der Waals surface area (Å²) in [6.07, 6.45) is -6.58. The molecule has 9 nitrogen and oxygen atoms in total. The van der Waals surface area contributed by atoms with E-state index >= 15 is 0 Å². The molecule has 0 bridgehead atoms. The number of hydrogen-bond donors (Lipinski definition) is 1. The van der Waals surface area contributed by atoms with Gasteiger partial charge in [0, 0.05) is 0 Å². The molecule has 1 saturated heterocycles. The number of aliphatic hydroxyl groups is 1. The highest BCUT2D eigenvalue weighted by Crippen LogP contribution is 2.31. The minimum absolute atomic E-state index is 0.0246. The van der Waals surface area contributed by atoms with Gasteiger partial charge in [0.25, 0.3) is 0 Å². The lowest BCUT2D eigenvalue weighted by Gasteiger charge is -2.44. The maximum Gasteiger partial charge on any atom is 0.340 e. The Bertz CT molecular complexity index is 1480. The Morgan fingerprint density at radius 2 is 0.977 bits per heavy atom. The summed E-state index contributed by atoms with van der Waals surface area (Å²) in [6.45, 7) is -0.617. The quantitative estimate of drug-likeness (QED) is 0.212. The summed E-state index contributed by atoms with van der Waals surface area (Å²) in [5.74, 6) is -2.18. The minimum atomic E-state index is -1.44. The van der Waals surface area contributed by atoms with E-state index in [9.17, 15) is 19.5 Å². The van der Waals surface area contributed by atoms with E-state index in [1.54, 1.807) is 91.0 Å². The molecule has 9 heteroatoms. The van der Waals surface area contributed by atoms with Crippen LogP contribution in [0.4, 0.5) is 0 Å². The van der Waals surface area contributed by atoms with Gasteiger partial charge in [0.05, 0.1) is 29.9 Å². The van der Waals surface area contributed by atoms with Crippen molar-refractivity contribution in [3.05, 3.63) is 144 Å². The normalized spacial score (nSPS) is 21.4. The second-order valence-electron chi connectivity index (χ2n) is 9.73. The largest absolute Gasteiger partial charge is 0.452 e. The van der Waals surface area contributed by atoms with E-state index in [1.165, 1.54) is 0 Å². The maximum atomic E-state index is 13.4. The van der Waals surface area contributed by atoms with Crippen molar-refractivity contribution in [2.75, 3.05) is 6.61 Å². The number of aliphatic hydroxyl groups excluding tert-OH is 1. The number of carbonyl (C=O) groups is 3. The summed E-state index contributed by atoms with van der Waals surface area (Å²) in [6, 6.07) is 34.0.